The van der Waals surface area contributed by atoms with Crippen molar-refractivity contribution in [3.8, 4) is 0 Å². The first-order valence-corrected chi connectivity index (χ1v) is 0.651. The number of rotatable bonds is 0. The summed E-state index contributed by atoms with van der Waals surface area (Å²) in [5.74, 6) is 0. The van der Waals surface area contributed by atoms with Crippen LogP contribution in [0.5, 0.6) is 0 Å². The molecular weight excluding hydrogens is 563 g/mol. The summed E-state index contributed by atoms with van der Waals surface area (Å²) in [7, 11) is 0. The van der Waals surface area contributed by atoms with Crippen LogP contribution in [-0.2, 0) is 17.1 Å². The van der Waals surface area contributed by atoms with E-state index in [1.807, 2.05) is 0 Å². The third kappa shape index (κ3) is 68.3. The minimum Gasteiger partial charge on any atom is -1.00 e. The fraction of sp³-hybridized carbons (Fsp3) is 0. The maximum atomic E-state index is 8.56. The first-order valence-electron chi connectivity index (χ1n) is 0.651. The summed E-state index contributed by atoms with van der Waals surface area (Å²) in [5.41, 5.74) is 0. The van der Waals surface area contributed by atoms with Gasteiger partial charge in [-0.25, -0.2) is 4.79 Å². The van der Waals surface area contributed by atoms with Gasteiger partial charge in [-0.3, -0.25) is 0 Å². The molecule has 0 bridgehead atoms. The minimum atomic E-state index is -1.83. The van der Waals surface area contributed by atoms with Crippen LogP contribution in [0.2, 0.25) is 0 Å². The molecule has 0 aromatic carbocycles. The smallest absolute Gasteiger partial charge is 1.00 e. The summed E-state index contributed by atoms with van der Waals surface area (Å²) in [6.45, 7) is 0. The molecule has 2 N–H and O–H groups in total. The second kappa shape index (κ2) is 29.4. The topological polar surface area (TPSA) is 57.5 Å². The Labute approximate surface area is 177 Å². The monoisotopic (exact) mass is 565 g/mol. The van der Waals surface area contributed by atoms with Crippen molar-refractivity contribution in [2.24, 2.45) is 0 Å². The molecule has 0 saturated heterocycles. The average molecular weight is 567 g/mol. The van der Waals surface area contributed by atoms with Crippen molar-refractivity contribution in [2.45, 2.75) is 0 Å². The second-order valence-corrected chi connectivity index (χ2v) is 0.283. The Balaban J connectivity index is -0.00000000214. The van der Waals surface area contributed by atoms with Crippen molar-refractivity contribution in [3.05, 3.63) is 0 Å². The van der Waals surface area contributed by atoms with Gasteiger partial charge in [-0.1, -0.05) is 0 Å². The molecule has 0 saturated carbocycles. The fourth-order valence-electron chi connectivity index (χ4n) is 0. The zero-order chi connectivity index (χ0) is 3.58. The molecule has 3 nitrogen and oxygen atoms in total. The molecule has 47 valence electrons. The quantitative estimate of drug-likeness (QED) is 0.408. The largest absolute Gasteiger partial charge is 2.00 e. The van der Waals surface area contributed by atoms with Crippen LogP contribution < -0.4 is 0 Å². The Bertz CT molecular complexity index is 54.3. The van der Waals surface area contributed by atoms with Crippen molar-refractivity contribution >= 4 is 29.2 Å². The summed E-state index contributed by atoms with van der Waals surface area (Å²) in [4.78, 5) is 8.56. The van der Waals surface area contributed by atoms with Gasteiger partial charge in [0.05, 0.1) is 0 Å². The molecule has 0 aliphatic carbocycles. The maximum Gasteiger partial charge on any atom is 2.00 e. The van der Waals surface area contributed by atoms with Crippen LogP contribution in [0.1, 0.15) is 2.85 Å². The molecule has 0 spiro atoms. The number of carbonyl (C=O) groups is 1. The molecule has 0 unspecified atom stereocenters. The van der Waals surface area contributed by atoms with Crippen molar-refractivity contribution < 1.29 is 153 Å². The van der Waals surface area contributed by atoms with E-state index < -0.39 is 6.16 Å². The van der Waals surface area contributed by atoms with Gasteiger partial charge in [0.2, 0.25) is 0 Å². The molecule has 0 amide bonds. The molecular formula is CH4CeFeLaMgNdO3. The van der Waals surface area contributed by atoms with Crippen LogP contribution in [-0.4, -0.2) is 39.4 Å². The van der Waals surface area contributed by atoms with Gasteiger partial charge in [0.15, 0.2) is 0 Å². The number of hydrogen-bond acceptors (Lipinski definition) is 1. The van der Waals surface area contributed by atoms with Gasteiger partial charge < -0.3 is 13.1 Å². The Morgan fingerprint density at radius 3 is 1.33 bits per heavy atom. The van der Waals surface area contributed by atoms with Crippen LogP contribution in [0.4, 0.5) is 4.79 Å². The predicted octanol–water partition coefficient (Wildman–Crippen LogP) is 0.0641. The molecule has 0 rings (SSSR count). The zero-order valence-corrected chi connectivity index (χ0v) is 16.9. The van der Waals surface area contributed by atoms with Crippen LogP contribution in [0.25, 0.3) is 0 Å². The molecule has 8 heteroatoms. The summed E-state index contributed by atoms with van der Waals surface area (Å²) in [6.07, 6.45) is -1.83. The van der Waals surface area contributed by atoms with E-state index in [-0.39, 0.29) is 161 Å². The van der Waals surface area contributed by atoms with E-state index >= 15 is 0 Å². The van der Waals surface area contributed by atoms with E-state index in [1.165, 1.54) is 0 Å². The number of hydrogen-bond donors (Lipinski definition) is 2. The minimum absolute atomic E-state index is 0. The average Bonchev–Trinajstić information content (AvgIpc) is 0.811. The predicted molar refractivity (Wildman–Crippen MR) is 18.6 cm³/mol. The third-order valence-corrected chi connectivity index (χ3v) is 0. The van der Waals surface area contributed by atoms with E-state index in [9.17, 15) is 0 Å². The van der Waals surface area contributed by atoms with Gasteiger partial charge in [0.25, 0.3) is 0 Å². The van der Waals surface area contributed by atoms with E-state index in [0.29, 0.717) is 0 Å². The molecule has 9 heavy (non-hydrogen) atoms. The molecule has 0 heterocycles. The third-order valence-electron chi connectivity index (χ3n) is 0. The summed E-state index contributed by atoms with van der Waals surface area (Å²) >= 11 is 0. The van der Waals surface area contributed by atoms with Crippen LogP contribution in [0.15, 0.2) is 0 Å². The Morgan fingerprint density at radius 2 is 1.33 bits per heavy atom. The van der Waals surface area contributed by atoms with E-state index in [1.54, 1.807) is 0 Å². The summed E-state index contributed by atoms with van der Waals surface area (Å²) in [6, 6.07) is 0. The van der Waals surface area contributed by atoms with Gasteiger partial charge in [0.1, 0.15) is 0 Å². The van der Waals surface area contributed by atoms with E-state index in [0.717, 1.165) is 0 Å². The second-order valence-electron chi connectivity index (χ2n) is 0.283. The van der Waals surface area contributed by atoms with E-state index in [4.69, 9.17) is 15.0 Å². The van der Waals surface area contributed by atoms with Crippen LogP contribution in [0, 0.1) is 118 Å². The van der Waals surface area contributed by atoms with Crippen molar-refractivity contribution in [3.63, 3.8) is 0 Å². The summed E-state index contributed by atoms with van der Waals surface area (Å²) < 4.78 is 0. The maximum absolute atomic E-state index is 8.56. The van der Waals surface area contributed by atoms with Crippen molar-refractivity contribution in [2.75, 3.05) is 0 Å². The van der Waals surface area contributed by atoms with Crippen LogP contribution >= 0.6 is 0 Å². The van der Waals surface area contributed by atoms with E-state index in [2.05, 4.69) is 0 Å². The van der Waals surface area contributed by atoms with Gasteiger partial charge in [-0.15, -0.1) is 0 Å². The van der Waals surface area contributed by atoms with Crippen molar-refractivity contribution in [1.29, 1.82) is 0 Å². The Morgan fingerprint density at radius 1 is 1.33 bits per heavy atom. The standard InChI is InChI=1S/CH2O3.Ce.Fe.La.Mg.Nd.2H/c2-1(3)4;;;;;;;/h(H2,2,3,4);;;;;;;/q;;;;+2;;2*-1. The molecule has 1 radical (unpaired) electrons. The summed E-state index contributed by atoms with van der Waals surface area (Å²) in [5, 5.41) is 13.9. The SMILES string of the molecule is O=C(O)O.[Ce].[Fe].[H-].[H-].[La].[Mg+2].[Nd]. The normalized spacial score (nSPS) is 2.67. The van der Waals surface area contributed by atoms with Crippen LogP contribution in [0.3, 0.4) is 0 Å². The van der Waals surface area contributed by atoms with Gasteiger partial charge >= 0.3 is 29.2 Å². The fourth-order valence-corrected chi connectivity index (χ4v) is 0. The van der Waals surface area contributed by atoms with Crippen molar-refractivity contribution in [1.82, 2.24) is 0 Å². The first-order chi connectivity index (χ1) is 1.73. The molecule has 0 fully saturated rings. The number of carboxylic acid groups (broad SMARTS) is 2. The van der Waals surface area contributed by atoms with Gasteiger partial charge in [0, 0.05) is 135 Å². The molecule has 0 aromatic rings. The van der Waals surface area contributed by atoms with Gasteiger partial charge in [-0.05, 0) is 0 Å². The van der Waals surface area contributed by atoms with Gasteiger partial charge in [-0.2, -0.15) is 0 Å². The Kier molecular flexibility index (Phi) is 123. The Hall–Kier alpha value is 4.48. The first kappa shape index (κ1) is 37.5. The zero-order valence-electron chi connectivity index (χ0n) is 6.44. The molecule has 0 aliphatic heterocycles. The molecule has 0 aromatic heterocycles. The molecule has 0 aliphatic rings. The molecule has 0 atom stereocenters.